The van der Waals surface area contributed by atoms with Crippen LogP contribution in [0.15, 0.2) is 0 Å². The van der Waals surface area contributed by atoms with E-state index >= 15 is 0 Å². The molecule has 2 amide bonds. The van der Waals surface area contributed by atoms with Gasteiger partial charge < -0.3 is 4.90 Å². The third kappa shape index (κ3) is 6.10. The van der Waals surface area contributed by atoms with Crippen molar-refractivity contribution in [1.29, 1.82) is 0 Å². The zero-order valence-corrected chi connectivity index (χ0v) is 15.3. The lowest BCUT2D eigenvalue weighted by Crippen LogP contribution is -2.40. The molecule has 0 unspecified atom stereocenters. The Morgan fingerprint density at radius 3 is 2.58 bits per heavy atom. The summed E-state index contributed by atoms with van der Waals surface area (Å²) in [7, 11) is 3.68. The van der Waals surface area contributed by atoms with Crippen LogP contribution >= 0.6 is 0 Å². The molecule has 0 fully saturated rings. The van der Waals surface area contributed by atoms with Gasteiger partial charge in [0.15, 0.2) is 0 Å². The summed E-state index contributed by atoms with van der Waals surface area (Å²) >= 11 is 0. The highest BCUT2D eigenvalue weighted by molar-refractivity contribution is 5.80. The molecular weight excluding hydrogens is 338 g/mol. The van der Waals surface area contributed by atoms with Gasteiger partial charge in [-0.15, -0.1) is 0 Å². The third-order valence-electron chi connectivity index (χ3n) is 4.22. The molecule has 3 N–H and O–H groups in total. The topological polar surface area (TPSA) is 124 Å². The summed E-state index contributed by atoms with van der Waals surface area (Å²) in [4.78, 5) is 37.9. The van der Waals surface area contributed by atoms with Crippen molar-refractivity contribution < 1.29 is 14.8 Å². The number of nitrogens with zero attached hydrogens (tertiary/aromatic N) is 5. The van der Waals surface area contributed by atoms with Gasteiger partial charge in [0.2, 0.25) is 24.2 Å². The molecule has 0 aromatic carbocycles. The van der Waals surface area contributed by atoms with E-state index < -0.39 is 5.92 Å². The Labute approximate surface area is 152 Å². The lowest BCUT2D eigenvalue weighted by atomic mass is 9.99. The average molecular weight is 365 g/mol. The van der Waals surface area contributed by atoms with Crippen molar-refractivity contribution in [1.82, 2.24) is 25.4 Å². The van der Waals surface area contributed by atoms with Crippen LogP contribution in [0.5, 0.6) is 0 Å². The normalized spacial score (nSPS) is 18.9. The number of rotatable bonds is 4. The smallest absolute Gasteiger partial charge is 0.246 e. The lowest BCUT2D eigenvalue weighted by Gasteiger charge is -2.20. The quantitative estimate of drug-likeness (QED) is 0.405. The van der Waals surface area contributed by atoms with Gasteiger partial charge in [-0.05, 0) is 12.8 Å². The van der Waals surface area contributed by atoms with Crippen molar-refractivity contribution in [2.24, 2.45) is 5.92 Å². The number of amides is 2. The van der Waals surface area contributed by atoms with Crippen LogP contribution in [0, 0.1) is 5.92 Å². The fourth-order valence-electron chi connectivity index (χ4n) is 2.77. The molecule has 0 saturated heterocycles. The summed E-state index contributed by atoms with van der Waals surface area (Å²) < 4.78 is 0. The summed E-state index contributed by atoms with van der Waals surface area (Å²) in [6.07, 6.45) is 6.60. The van der Waals surface area contributed by atoms with Crippen LogP contribution in [0.3, 0.4) is 0 Å². The second-order valence-corrected chi connectivity index (χ2v) is 6.61. The van der Waals surface area contributed by atoms with Gasteiger partial charge in [0, 0.05) is 20.5 Å². The zero-order chi connectivity index (χ0) is 18.9. The molecule has 2 bridgehead atoms. The van der Waals surface area contributed by atoms with Crippen molar-refractivity contribution >= 4 is 24.2 Å². The maximum Gasteiger partial charge on any atom is 0.246 e. The van der Waals surface area contributed by atoms with E-state index in [1.807, 2.05) is 14.1 Å². The molecule has 1 aliphatic heterocycles. The summed E-state index contributed by atoms with van der Waals surface area (Å²) in [5.74, 6) is 0.611. The van der Waals surface area contributed by atoms with Gasteiger partial charge in [-0.2, -0.15) is 15.0 Å². The lowest BCUT2D eigenvalue weighted by molar-refractivity contribution is -0.154. The summed E-state index contributed by atoms with van der Waals surface area (Å²) in [5, 5.41) is 9.93. The Morgan fingerprint density at radius 2 is 1.85 bits per heavy atom. The van der Waals surface area contributed by atoms with Gasteiger partial charge in [-0.3, -0.25) is 25.6 Å². The van der Waals surface area contributed by atoms with Crippen LogP contribution in [0.1, 0.15) is 44.3 Å². The molecule has 2 rings (SSSR count). The molecule has 10 heteroatoms. The minimum atomic E-state index is -0.518. The van der Waals surface area contributed by atoms with Crippen molar-refractivity contribution in [2.75, 3.05) is 31.0 Å². The zero-order valence-electron chi connectivity index (χ0n) is 15.3. The van der Waals surface area contributed by atoms with E-state index in [2.05, 4.69) is 25.8 Å². The van der Waals surface area contributed by atoms with Crippen molar-refractivity contribution in [3.8, 4) is 0 Å². The van der Waals surface area contributed by atoms with E-state index in [9.17, 15) is 14.8 Å². The van der Waals surface area contributed by atoms with Gasteiger partial charge in [-0.25, -0.2) is 5.06 Å². The molecule has 144 valence electrons. The van der Waals surface area contributed by atoms with E-state index in [1.54, 1.807) is 4.90 Å². The highest BCUT2D eigenvalue weighted by Crippen LogP contribution is 2.16. The second kappa shape index (κ2) is 9.85. The molecule has 2 heterocycles. The van der Waals surface area contributed by atoms with Gasteiger partial charge in [0.05, 0.1) is 12.5 Å². The van der Waals surface area contributed by atoms with E-state index in [0.717, 1.165) is 38.5 Å². The molecule has 1 atom stereocenters. The van der Waals surface area contributed by atoms with Crippen LogP contribution in [0.2, 0.25) is 0 Å². The predicted molar refractivity (Wildman–Crippen MR) is 95.4 cm³/mol. The van der Waals surface area contributed by atoms with E-state index in [4.69, 9.17) is 0 Å². The van der Waals surface area contributed by atoms with Gasteiger partial charge in [-0.1, -0.05) is 25.7 Å². The number of hydrogen-bond acceptors (Lipinski definition) is 8. The SMILES string of the molecule is CN(C)c1nc2nc(n1)NNC(=O)[C@@H](CN(O)C=O)CCCCCCC2. The Bertz CT molecular complexity index is 612. The first kappa shape index (κ1) is 19.8. The molecule has 0 saturated carbocycles. The highest BCUT2D eigenvalue weighted by atomic mass is 16.5. The first-order chi connectivity index (χ1) is 12.5. The predicted octanol–water partition coefficient (Wildman–Crippen LogP) is 0.741. The van der Waals surface area contributed by atoms with E-state index in [0.29, 0.717) is 29.7 Å². The van der Waals surface area contributed by atoms with Crippen LogP contribution in [0.25, 0.3) is 0 Å². The van der Waals surface area contributed by atoms with Crippen LogP contribution in [0.4, 0.5) is 11.9 Å². The van der Waals surface area contributed by atoms with Gasteiger partial charge in [0.25, 0.3) is 0 Å². The number of hydroxylamine groups is 2. The molecule has 0 radical (unpaired) electrons. The number of hydrogen-bond donors (Lipinski definition) is 3. The van der Waals surface area contributed by atoms with Gasteiger partial charge >= 0.3 is 0 Å². The van der Waals surface area contributed by atoms with Crippen molar-refractivity contribution in [2.45, 2.75) is 44.9 Å². The fourth-order valence-corrected chi connectivity index (χ4v) is 2.77. The largest absolute Gasteiger partial charge is 0.347 e. The molecule has 10 nitrogen and oxygen atoms in total. The average Bonchev–Trinajstić information content (AvgIpc) is 2.63. The first-order valence-corrected chi connectivity index (χ1v) is 8.88. The molecular formula is C16H27N7O3. The number of anilines is 2. The first-order valence-electron chi connectivity index (χ1n) is 8.88. The molecule has 1 aromatic rings. The summed E-state index contributed by atoms with van der Waals surface area (Å²) in [5.41, 5.74) is 5.30. The number of carbonyl (C=O) groups excluding carboxylic acids is 2. The maximum atomic E-state index is 12.4. The van der Waals surface area contributed by atoms with Crippen LogP contribution < -0.4 is 15.8 Å². The number of hydrazine groups is 1. The Kier molecular flexibility index (Phi) is 7.52. The minimum absolute atomic E-state index is 0.0532. The molecule has 26 heavy (non-hydrogen) atoms. The Hall–Kier alpha value is -2.49. The van der Waals surface area contributed by atoms with Crippen molar-refractivity contribution in [3.63, 3.8) is 0 Å². The number of fused-ring (bicyclic) bond motifs is 2. The summed E-state index contributed by atoms with van der Waals surface area (Å²) in [6, 6.07) is 0. The van der Waals surface area contributed by atoms with Gasteiger partial charge in [0.1, 0.15) is 5.82 Å². The molecule has 0 aliphatic carbocycles. The van der Waals surface area contributed by atoms with Crippen LogP contribution in [-0.4, -0.2) is 58.2 Å². The number of aryl methyl sites for hydroxylation is 1. The number of nitrogens with one attached hydrogen (secondary N) is 2. The maximum absolute atomic E-state index is 12.4. The highest BCUT2D eigenvalue weighted by Gasteiger charge is 2.21. The van der Waals surface area contributed by atoms with E-state index in [-0.39, 0.29) is 18.4 Å². The number of carbonyl (C=O) groups is 2. The third-order valence-corrected chi connectivity index (χ3v) is 4.22. The van der Waals surface area contributed by atoms with E-state index in [1.165, 1.54) is 0 Å². The molecule has 1 aromatic heterocycles. The van der Waals surface area contributed by atoms with Crippen LogP contribution in [-0.2, 0) is 16.0 Å². The minimum Gasteiger partial charge on any atom is -0.347 e. The number of aromatic nitrogens is 3. The Morgan fingerprint density at radius 1 is 1.12 bits per heavy atom. The monoisotopic (exact) mass is 365 g/mol. The standard InChI is InChI=1S/C16H27N7O3/c1-22(2)16-18-13-9-7-5-3-4-6-8-12(10-23(26)11-24)14(25)20-21-15(17-13)19-16/h11-12,26H,3-10H2,1-2H3,(H,20,25)(H,17,18,19,21)/t12-/m1/s1. The Balaban J connectivity index is 2.16. The van der Waals surface area contributed by atoms with Crippen molar-refractivity contribution in [3.05, 3.63) is 5.82 Å². The molecule has 1 aliphatic rings. The summed E-state index contributed by atoms with van der Waals surface area (Å²) in [6.45, 7) is -0.0532. The fraction of sp³-hybridized carbons (Fsp3) is 0.688. The second-order valence-electron chi connectivity index (χ2n) is 6.61. The molecule has 0 spiro atoms.